The van der Waals surface area contributed by atoms with Gasteiger partial charge in [0.25, 0.3) is 0 Å². The number of benzene rings is 1. The maximum atomic E-state index is 14.2. The fourth-order valence-electron chi connectivity index (χ4n) is 4.04. The first-order chi connectivity index (χ1) is 13.7. The maximum Gasteiger partial charge on any atom is 0.214 e. The van der Waals surface area contributed by atoms with E-state index in [1.807, 2.05) is 6.07 Å². The summed E-state index contributed by atoms with van der Waals surface area (Å²) in [5, 5.41) is 3.01. The molecular weight excluding hydrogens is 391 g/mol. The first-order valence-electron chi connectivity index (χ1n) is 10.7. The molecule has 1 aliphatic heterocycles. The number of hydrogen-bond acceptors (Lipinski definition) is 5. The average Bonchev–Trinajstić information content (AvgIpc) is 2.67. The van der Waals surface area contributed by atoms with E-state index in [-0.39, 0.29) is 11.9 Å². The third kappa shape index (κ3) is 6.30. The van der Waals surface area contributed by atoms with Crippen LogP contribution in [0.15, 0.2) is 18.2 Å². The summed E-state index contributed by atoms with van der Waals surface area (Å²) in [5.74, 6) is 0.265. The second-order valence-electron chi connectivity index (χ2n) is 8.80. The van der Waals surface area contributed by atoms with Crippen LogP contribution >= 0.6 is 0 Å². The second-order valence-corrected chi connectivity index (χ2v) is 11.1. The SMILES string of the molecule is CC(C)S(=O)(=O)N[C@H]1CC[C@H](CNc2cc(F)cc(N3CCN(C)CC3)c2)CC1. The smallest absolute Gasteiger partial charge is 0.214 e. The summed E-state index contributed by atoms with van der Waals surface area (Å²) in [5.41, 5.74) is 1.76. The lowest BCUT2D eigenvalue weighted by Crippen LogP contribution is -2.44. The number of halogens is 1. The Balaban J connectivity index is 1.49. The topological polar surface area (TPSA) is 64.7 Å². The fraction of sp³-hybridized carbons (Fsp3) is 0.714. The number of nitrogens with one attached hydrogen (secondary N) is 2. The van der Waals surface area contributed by atoms with Gasteiger partial charge in [-0.2, -0.15) is 0 Å². The van der Waals surface area contributed by atoms with E-state index >= 15 is 0 Å². The van der Waals surface area contributed by atoms with Gasteiger partial charge >= 0.3 is 0 Å². The predicted octanol–water partition coefficient (Wildman–Crippen LogP) is 2.88. The molecule has 0 spiro atoms. The Bertz CT molecular complexity index is 771. The van der Waals surface area contributed by atoms with E-state index in [9.17, 15) is 12.8 Å². The molecule has 3 rings (SSSR count). The summed E-state index contributed by atoms with van der Waals surface area (Å²) in [4.78, 5) is 4.52. The van der Waals surface area contributed by atoms with Crippen molar-refractivity contribution in [3.8, 4) is 0 Å². The molecule has 164 valence electrons. The van der Waals surface area contributed by atoms with Crippen molar-refractivity contribution < 1.29 is 12.8 Å². The number of anilines is 2. The molecule has 2 aliphatic rings. The van der Waals surface area contributed by atoms with Gasteiger partial charge in [0.15, 0.2) is 0 Å². The molecule has 1 aromatic carbocycles. The molecule has 0 unspecified atom stereocenters. The van der Waals surface area contributed by atoms with Gasteiger partial charge in [-0.05, 0) is 70.7 Å². The number of sulfonamides is 1. The first kappa shape index (κ1) is 22.3. The van der Waals surface area contributed by atoms with Gasteiger partial charge in [-0.25, -0.2) is 17.5 Å². The van der Waals surface area contributed by atoms with Crippen LogP contribution in [0.1, 0.15) is 39.5 Å². The van der Waals surface area contributed by atoms with Crippen LogP contribution in [0.4, 0.5) is 15.8 Å². The molecule has 2 fully saturated rings. The van der Waals surface area contributed by atoms with Gasteiger partial charge in [-0.1, -0.05) is 0 Å². The van der Waals surface area contributed by atoms with Crippen molar-refractivity contribution in [2.75, 3.05) is 50.0 Å². The highest BCUT2D eigenvalue weighted by molar-refractivity contribution is 7.90. The van der Waals surface area contributed by atoms with Crippen LogP contribution in [0.3, 0.4) is 0 Å². The van der Waals surface area contributed by atoms with E-state index in [0.29, 0.717) is 5.92 Å². The van der Waals surface area contributed by atoms with E-state index in [4.69, 9.17) is 0 Å². The molecule has 1 heterocycles. The van der Waals surface area contributed by atoms with Gasteiger partial charge in [0.05, 0.1) is 5.25 Å². The van der Waals surface area contributed by atoms with Gasteiger partial charge in [-0.15, -0.1) is 0 Å². The molecule has 0 aromatic heterocycles. The van der Waals surface area contributed by atoms with E-state index in [0.717, 1.165) is 69.8 Å². The molecule has 0 radical (unpaired) electrons. The van der Waals surface area contributed by atoms with Crippen molar-refractivity contribution in [1.29, 1.82) is 0 Å². The van der Waals surface area contributed by atoms with Crippen molar-refractivity contribution >= 4 is 21.4 Å². The van der Waals surface area contributed by atoms with E-state index in [2.05, 4.69) is 26.9 Å². The number of piperazine rings is 1. The third-order valence-electron chi connectivity index (χ3n) is 6.14. The summed E-state index contributed by atoms with van der Waals surface area (Å²) in [6.45, 7) is 7.99. The fourth-order valence-corrected chi connectivity index (χ4v) is 5.01. The molecule has 2 N–H and O–H groups in total. The standard InChI is InChI=1S/C21H35FN4O2S/c1-16(2)29(27,28)24-19-6-4-17(5-7-19)15-23-20-12-18(22)13-21(14-20)26-10-8-25(3)9-11-26/h12-14,16-17,19,23-24H,4-11,15H2,1-3H3/t17-,19-. The lowest BCUT2D eigenvalue weighted by molar-refractivity contribution is 0.312. The summed E-state index contributed by atoms with van der Waals surface area (Å²) >= 11 is 0. The van der Waals surface area contributed by atoms with Gasteiger partial charge < -0.3 is 15.1 Å². The van der Waals surface area contributed by atoms with E-state index in [1.165, 1.54) is 0 Å². The lowest BCUT2D eigenvalue weighted by atomic mass is 9.86. The second kappa shape index (κ2) is 9.62. The number of nitrogens with zero attached hydrogens (tertiary/aromatic N) is 2. The Morgan fingerprint density at radius 2 is 1.72 bits per heavy atom. The van der Waals surface area contributed by atoms with Crippen LogP contribution in [-0.4, -0.2) is 64.4 Å². The zero-order chi connectivity index (χ0) is 21.0. The van der Waals surface area contributed by atoms with E-state index in [1.54, 1.807) is 26.0 Å². The summed E-state index contributed by atoms with van der Waals surface area (Å²) in [6.07, 6.45) is 3.65. The average molecular weight is 427 g/mol. The molecule has 1 saturated heterocycles. The zero-order valence-corrected chi connectivity index (χ0v) is 18.6. The molecule has 8 heteroatoms. The highest BCUT2D eigenvalue weighted by Gasteiger charge is 2.26. The molecule has 0 bridgehead atoms. The first-order valence-corrected chi connectivity index (χ1v) is 12.3. The summed E-state index contributed by atoms with van der Waals surface area (Å²) in [7, 11) is -1.10. The number of likely N-dealkylation sites (N-methyl/N-ethyl adjacent to an activating group) is 1. The van der Waals surface area contributed by atoms with Crippen LogP contribution in [0.5, 0.6) is 0 Å². The largest absolute Gasteiger partial charge is 0.385 e. The molecule has 29 heavy (non-hydrogen) atoms. The zero-order valence-electron chi connectivity index (χ0n) is 17.8. The Kier molecular flexibility index (Phi) is 7.40. The summed E-state index contributed by atoms with van der Waals surface area (Å²) < 4.78 is 41.1. The minimum Gasteiger partial charge on any atom is -0.385 e. The van der Waals surface area contributed by atoms with Crippen molar-refractivity contribution in [2.24, 2.45) is 5.92 Å². The number of rotatable bonds is 7. The van der Waals surface area contributed by atoms with Gasteiger partial charge in [0.2, 0.25) is 10.0 Å². The van der Waals surface area contributed by atoms with Crippen LogP contribution in [0.25, 0.3) is 0 Å². The van der Waals surface area contributed by atoms with Crippen LogP contribution in [0, 0.1) is 11.7 Å². The Morgan fingerprint density at radius 3 is 2.34 bits per heavy atom. The molecule has 1 aliphatic carbocycles. The lowest BCUT2D eigenvalue weighted by Gasteiger charge is -2.34. The van der Waals surface area contributed by atoms with Crippen LogP contribution in [0.2, 0.25) is 0 Å². The molecule has 6 nitrogen and oxygen atoms in total. The van der Waals surface area contributed by atoms with Crippen LogP contribution < -0.4 is 14.9 Å². The van der Waals surface area contributed by atoms with Crippen molar-refractivity contribution in [3.63, 3.8) is 0 Å². The quantitative estimate of drug-likeness (QED) is 0.702. The van der Waals surface area contributed by atoms with Gasteiger partial charge in [0.1, 0.15) is 5.82 Å². The summed E-state index contributed by atoms with van der Waals surface area (Å²) in [6, 6.07) is 5.25. The van der Waals surface area contributed by atoms with Crippen molar-refractivity contribution in [1.82, 2.24) is 9.62 Å². The maximum absolute atomic E-state index is 14.2. The molecule has 1 aromatic rings. The van der Waals surface area contributed by atoms with Gasteiger partial charge in [0, 0.05) is 50.1 Å². The molecule has 1 saturated carbocycles. The Hall–Kier alpha value is -1.38. The Labute approximate surface area is 174 Å². The van der Waals surface area contributed by atoms with Gasteiger partial charge in [-0.3, -0.25) is 0 Å². The Morgan fingerprint density at radius 1 is 1.07 bits per heavy atom. The minimum atomic E-state index is -3.21. The van der Waals surface area contributed by atoms with Crippen LogP contribution in [-0.2, 0) is 10.0 Å². The normalized spacial score (nSPS) is 24.1. The molecule has 0 atom stereocenters. The molecular formula is C21H35FN4O2S. The predicted molar refractivity (Wildman–Crippen MR) is 118 cm³/mol. The highest BCUT2D eigenvalue weighted by Crippen LogP contribution is 2.27. The van der Waals surface area contributed by atoms with E-state index < -0.39 is 15.3 Å². The third-order valence-corrected chi connectivity index (χ3v) is 8.05. The number of hydrogen-bond donors (Lipinski definition) is 2. The van der Waals surface area contributed by atoms with Crippen molar-refractivity contribution in [3.05, 3.63) is 24.0 Å². The molecule has 0 amide bonds. The monoisotopic (exact) mass is 426 g/mol. The highest BCUT2D eigenvalue weighted by atomic mass is 32.2. The minimum absolute atomic E-state index is 0.0386. The van der Waals surface area contributed by atoms with Crippen molar-refractivity contribution in [2.45, 2.75) is 50.8 Å².